The van der Waals surface area contributed by atoms with Gasteiger partial charge in [-0.1, -0.05) is 94.8 Å². The predicted molar refractivity (Wildman–Crippen MR) is 138 cm³/mol. The number of hydrogen-bond acceptors (Lipinski definition) is 5. The van der Waals surface area contributed by atoms with Crippen LogP contribution in [0, 0.1) is 5.92 Å². The van der Waals surface area contributed by atoms with E-state index in [0.29, 0.717) is 6.61 Å². The fourth-order valence-corrected chi connectivity index (χ4v) is 8.89. The van der Waals surface area contributed by atoms with Crippen LogP contribution < -0.4 is 10.4 Å². The van der Waals surface area contributed by atoms with Crippen LogP contribution >= 0.6 is 0 Å². The van der Waals surface area contributed by atoms with Gasteiger partial charge in [-0.2, -0.15) is 4.79 Å². The molecule has 0 bridgehead atoms. The molecule has 0 heterocycles. The monoisotopic (exact) mass is 496 g/mol. The van der Waals surface area contributed by atoms with Gasteiger partial charge in [-0.05, 0) is 34.2 Å². The van der Waals surface area contributed by atoms with Gasteiger partial charge in [-0.25, -0.2) is 9.59 Å². The highest BCUT2D eigenvalue weighted by Gasteiger charge is 2.49. The number of hydrogen-bond donors (Lipinski definition) is 0. The van der Waals surface area contributed by atoms with Crippen molar-refractivity contribution in [3.05, 3.63) is 66.2 Å². The molecule has 0 saturated carbocycles. The standard InChI is InChI=1S/C27H36N2O5Si/c1-6-21(20-33-26(31)24(29-28)25(30)32-5)14-13-19-34-35(27(2,3)4,22-15-9-7-10-16-22)23-17-11-8-12-18-23/h7-12,15-18,21H,6,13-14,19-20H2,1-5H3. The van der Waals surface area contributed by atoms with Gasteiger partial charge in [0.25, 0.3) is 8.32 Å². The molecule has 0 aliphatic heterocycles. The second-order valence-corrected chi connectivity index (χ2v) is 13.8. The minimum atomic E-state index is -2.58. The number of methoxy groups -OCH3 is 1. The van der Waals surface area contributed by atoms with Crippen LogP contribution in [-0.4, -0.2) is 51.1 Å². The van der Waals surface area contributed by atoms with Crippen molar-refractivity contribution in [1.29, 1.82) is 0 Å². The molecule has 2 aromatic carbocycles. The first-order valence-electron chi connectivity index (χ1n) is 11.9. The number of benzene rings is 2. The third-order valence-corrected chi connectivity index (χ3v) is 11.2. The lowest BCUT2D eigenvalue weighted by Crippen LogP contribution is -2.66. The van der Waals surface area contributed by atoms with Crippen molar-refractivity contribution < 1.29 is 28.3 Å². The Balaban J connectivity index is 2.10. The van der Waals surface area contributed by atoms with Crippen molar-refractivity contribution in [2.24, 2.45) is 5.92 Å². The van der Waals surface area contributed by atoms with Crippen LogP contribution in [0.5, 0.6) is 0 Å². The topological polar surface area (TPSA) is 98.2 Å². The van der Waals surface area contributed by atoms with Crippen LogP contribution in [0.2, 0.25) is 5.04 Å². The summed E-state index contributed by atoms with van der Waals surface area (Å²) < 4.78 is 16.5. The first-order valence-corrected chi connectivity index (χ1v) is 13.8. The SMILES string of the molecule is CCC(CCCO[Si](c1ccccc1)(c1ccccc1)C(C)(C)C)COC(=O)C(=[N+]=[N-])C(=O)OC. The minimum Gasteiger partial charge on any atom is -0.460 e. The van der Waals surface area contributed by atoms with Crippen LogP contribution in [0.15, 0.2) is 60.7 Å². The zero-order valence-electron chi connectivity index (χ0n) is 21.3. The highest BCUT2D eigenvalue weighted by Crippen LogP contribution is 2.36. The number of carbonyl (C=O) groups is 2. The minimum absolute atomic E-state index is 0.0827. The molecule has 2 rings (SSSR count). The Labute approximate surface area is 209 Å². The highest BCUT2D eigenvalue weighted by atomic mass is 28.4. The molecule has 1 atom stereocenters. The van der Waals surface area contributed by atoms with Gasteiger partial charge in [-0.15, -0.1) is 0 Å². The van der Waals surface area contributed by atoms with Crippen LogP contribution in [0.4, 0.5) is 0 Å². The summed E-state index contributed by atoms with van der Waals surface area (Å²) in [5, 5.41) is 2.38. The Morgan fingerprint density at radius 3 is 1.94 bits per heavy atom. The largest absolute Gasteiger partial charge is 0.482 e. The van der Waals surface area contributed by atoms with Crippen LogP contribution in [0.25, 0.3) is 5.53 Å². The van der Waals surface area contributed by atoms with Gasteiger partial charge in [0, 0.05) is 6.61 Å². The van der Waals surface area contributed by atoms with E-state index in [1.807, 2.05) is 19.1 Å². The molecule has 0 fully saturated rings. The molecule has 0 aliphatic carbocycles. The summed E-state index contributed by atoms with van der Waals surface area (Å²) in [5.41, 5.74) is 8.13. The molecule has 0 amide bonds. The van der Waals surface area contributed by atoms with Crippen molar-refractivity contribution in [3.63, 3.8) is 0 Å². The first kappa shape index (κ1) is 28.2. The molecular formula is C27H36N2O5Si. The molecule has 8 heteroatoms. The second-order valence-electron chi connectivity index (χ2n) is 9.47. The first-order chi connectivity index (χ1) is 16.7. The second kappa shape index (κ2) is 13.1. The van der Waals surface area contributed by atoms with Gasteiger partial charge in [0.1, 0.15) is 0 Å². The van der Waals surface area contributed by atoms with E-state index in [-0.39, 0.29) is 17.6 Å². The molecule has 188 valence electrons. The maximum absolute atomic E-state index is 12.0. The highest BCUT2D eigenvalue weighted by molar-refractivity contribution is 6.99. The quantitative estimate of drug-likeness (QED) is 0.0848. The van der Waals surface area contributed by atoms with E-state index >= 15 is 0 Å². The van der Waals surface area contributed by atoms with Crippen molar-refractivity contribution in [2.75, 3.05) is 20.3 Å². The van der Waals surface area contributed by atoms with Gasteiger partial charge in [-0.3, -0.25) is 0 Å². The molecule has 0 aliphatic rings. The van der Waals surface area contributed by atoms with Crippen molar-refractivity contribution in [1.82, 2.24) is 0 Å². The normalized spacial score (nSPS) is 12.4. The summed E-state index contributed by atoms with van der Waals surface area (Å²) in [5.74, 6) is -1.95. The zero-order chi connectivity index (χ0) is 25.9. The Kier molecular flexibility index (Phi) is 10.6. The van der Waals surface area contributed by atoms with E-state index < -0.39 is 26.0 Å². The Morgan fingerprint density at radius 1 is 0.971 bits per heavy atom. The third-order valence-electron chi connectivity index (χ3n) is 6.19. The van der Waals surface area contributed by atoms with Gasteiger partial charge < -0.3 is 19.4 Å². The van der Waals surface area contributed by atoms with Crippen molar-refractivity contribution in [2.45, 2.75) is 52.0 Å². The Morgan fingerprint density at radius 2 is 1.51 bits per heavy atom. The summed E-state index contributed by atoms with van der Waals surface area (Å²) in [7, 11) is -1.49. The lowest BCUT2D eigenvalue weighted by molar-refractivity contribution is -0.148. The molecule has 2 aromatic rings. The van der Waals surface area contributed by atoms with Crippen molar-refractivity contribution in [3.8, 4) is 0 Å². The average molecular weight is 497 g/mol. The van der Waals surface area contributed by atoms with Gasteiger partial charge in [0.15, 0.2) is 0 Å². The maximum atomic E-state index is 12.0. The number of rotatable bonds is 12. The van der Waals surface area contributed by atoms with Crippen LogP contribution in [-0.2, 0) is 23.5 Å². The van der Waals surface area contributed by atoms with Gasteiger partial charge in [0.2, 0.25) is 0 Å². The van der Waals surface area contributed by atoms with Gasteiger partial charge >= 0.3 is 17.7 Å². The number of nitrogens with zero attached hydrogens (tertiary/aromatic N) is 2. The van der Waals surface area contributed by atoms with E-state index in [4.69, 9.17) is 14.7 Å². The molecule has 0 aromatic heterocycles. The van der Waals surface area contributed by atoms with E-state index in [0.717, 1.165) is 26.4 Å². The van der Waals surface area contributed by atoms with Crippen LogP contribution in [0.1, 0.15) is 47.0 Å². The Bertz CT molecular complexity index is 975. The lowest BCUT2D eigenvalue weighted by atomic mass is 10.0. The fourth-order valence-electron chi connectivity index (χ4n) is 4.29. The fraction of sp³-hybridized carbons (Fsp3) is 0.444. The van der Waals surface area contributed by atoms with E-state index in [1.165, 1.54) is 10.4 Å². The lowest BCUT2D eigenvalue weighted by Gasteiger charge is -2.43. The number of ether oxygens (including phenoxy) is 2. The predicted octanol–water partition coefficient (Wildman–Crippen LogP) is 3.76. The number of esters is 2. The maximum Gasteiger partial charge on any atom is 0.482 e. The molecule has 0 spiro atoms. The molecule has 35 heavy (non-hydrogen) atoms. The summed E-state index contributed by atoms with van der Waals surface area (Å²) >= 11 is 0. The van der Waals surface area contributed by atoms with Crippen molar-refractivity contribution >= 4 is 36.3 Å². The molecule has 0 saturated heterocycles. The smallest absolute Gasteiger partial charge is 0.460 e. The summed E-state index contributed by atoms with van der Waals surface area (Å²) in [6.07, 6.45) is 2.36. The zero-order valence-corrected chi connectivity index (χ0v) is 22.3. The molecular weight excluding hydrogens is 460 g/mol. The molecule has 0 N–H and O–H groups in total. The summed E-state index contributed by atoms with van der Waals surface area (Å²) in [6.45, 7) is 9.44. The van der Waals surface area contributed by atoms with Gasteiger partial charge in [0.05, 0.1) is 13.7 Å². The number of carbonyl (C=O) groups excluding carboxylic acids is 2. The molecule has 1 unspecified atom stereocenters. The average Bonchev–Trinajstić information content (AvgIpc) is 2.86. The summed E-state index contributed by atoms with van der Waals surface area (Å²) in [4.78, 5) is 26.2. The van der Waals surface area contributed by atoms with E-state index in [1.54, 1.807) is 0 Å². The summed E-state index contributed by atoms with van der Waals surface area (Å²) in [6, 6.07) is 21.0. The molecule has 0 radical (unpaired) electrons. The Hall–Kier alpha value is -3.06. The molecule has 7 nitrogen and oxygen atoms in total. The van der Waals surface area contributed by atoms with E-state index in [2.05, 4.69) is 78.8 Å². The van der Waals surface area contributed by atoms with E-state index in [9.17, 15) is 9.59 Å². The van der Waals surface area contributed by atoms with Crippen LogP contribution in [0.3, 0.4) is 0 Å². The third kappa shape index (κ3) is 6.98.